The summed E-state index contributed by atoms with van der Waals surface area (Å²) in [5.41, 5.74) is -1.61. The average Bonchev–Trinajstić information content (AvgIpc) is 3.65. The molecule has 20 heteroatoms. The van der Waals surface area contributed by atoms with E-state index in [4.69, 9.17) is 9.90 Å². The van der Waals surface area contributed by atoms with Gasteiger partial charge in [-0.25, -0.2) is 18.6 Å². The molecule has 2 aliphatic rings. The highest BCUT2D eigenvalue weighted by Crippen LogP contribution is 2.36. The van der Waals surface area contributed by atoms with Crippen LogP contribution in [0.3, 0.4) is 0 Å². The normalized spacial score (nSPS) is 15.5. The molecular weight excluding hydrogens is 677 g/mol. The van der Waals surface area contributed by atoms with Gasteiger partial charge in [0, 0.05) is 63.8 Å². The van der Waals surface area contributed by atoms with Crippen LogP contribution in [0.25, 0.3) is 11.3 Å². The number of anilines is 1. The first-order chi connectivity index (χ1) is 23.6. The van der Waals surface area contributed by atoms with Crippen LogP contribution < -0.4 is 16.0 Å². The third-order valence-electron chi connectivity index (χ3n) is 8.13. The summed E-state index contributed by atoms with van der Waals surface area (Å²) < 4.78 is 68.2. The molecule has 2 saturated heterocycles. The van der Waals surface area contributed by atoms with Crippen molar-refractivity contribution in [1.29, 1.82) is 0 Å². The van der Waals surface area contributed by atoms with Crippen molar-refractivity contribution in [3.63, 3.8) is 0 Å². The number of hydrogen-bond donors (Lipinski definition) is 5. The van der Waals surface area contributed by atoms with Crippen LogP contribution in [0.2, 0.25) is 0 Å². The summed E-state index contributed by atoms with van der Waals surface area (Å²) in [6.45, 7) is 2.74. The van der Waals surface area contributed by atoms with E-state index in [0.29, 0.717) is 67.2 Å². The first-order valence-corrected chi connectivity index (χ1v) is 15.3. The van der Waals surface area contributed by atoms with Crippen molar-refractivity contribution >= 4 is 30.0 Å². The number of piperazine rings is 1. The maximum Gasteiger partial charge on any atom is 0.435 e. The molecular formula is C30H36F5N9O6. The van der Waals surface area contributed by atoms with Gasteiger partial charge in [0.05, 0.1) is 24.0 Å². The van der Waals surface area contributed by atoms with E-state index in [1.54, 1.807) is 21.9 Å². The number of alkyl halides is 5. The Morgan fingerprint density at radius 2 is 1.76 bits per heavy atom. The molecule has 0 spiro atoms. The lowest BCUT2D eigenvalue weighted by Gasteiger charge is -2.39. The predicted octanol–water partition coefficient (Wildman–Crippen LogP) is 1.88. The zero-order valence-electron chi connectivity index (χ0n) is 27.0. The highest BCUT2D eigenvalue weighted by molar-refractivity contribution is 6.03. The Hall–Kier alpha value is -5.11. The van der Waals surface area contributed by atoms with E-state index in [2.05, 4.69) is 26.0 Å². The van der Waals surface area contributed by atoms with Crippen molar-refractivity contribution in [3.05, 3.63) is 53.2 Å². The number of aromatic nitrogens is 4. The summed E-state index contributed by atoms with van der Waals surface area (Å²) >= 11 is 0. The minimum absolute atomic E-state index is 0.135. The summed E-state index contributed by atoms with van der Waals surface area (Å²) in [4.78, 5) is 54.6. The van der Waals surface area contributed by atoms with E-state index in [1.807, 2.05) is 6.92 Å². The highest BCUT2D eigenvalue weighted by atomic mass is 19.4. The van der Waals surface area contributed by atoms with Crippen LogP contribution in [0.5, 0.6) is 0 Å². The van der Waals surface area contributed by atoms with Gasteiger partial charge in [0.1, 0.15) is 12.1 Å². The van der Waals surface area contributed by atoms with Crippen LogP contribution in [0.1, 0.15) is 39.2 Å². The lowest BCUT2D eigenvalue weighted by Crippen LogP contribution is -2.65. The molecule has 5 rings (SSSR count). The van der Waals surface area contributed by atoms with E-state index >= 15 is 0 Å². The van der Waals surface area contributed by atoms with E-state index < -0.39 is 41.9 Å². The van der Waals surface area contributed by atoms with Gasteiger partial charge in [-0.1, -0.05) is 6.92 Å². The number of nitrogens with one attached hydrogen (secondary N) is 3. The van der Waals surface area contributed by atoms with Gasteiger partial charge in [0.2, 0.25) is 0 Å². The van der Waals surface area contributed by atoms with Gasteiger partial charge in [0.15, 0.2) is 11.5 Å². The predicted molar refractivity (Wildman–Crippen MR) is 167 cm³/mol. The van der Waals surface area contributed by atoms with E-state index in [1.165, 1.54) is 13.1 Å². The number of carbonyl (C=O) groups excluding carboxylic acids is 3. The maximum absolute atomic E-state index is 13.6. The lowest BCUT2D eigenvalue weighted by atomic mass is 9.97. The smallest absolute Gasteiger partial charge is 0.435 e. The number of nitrogens with zero attached hydrogens (tertiary/aromatic N) is 6. The Bertz CT molecular complexity index is 1700. The molecule has 50 heavy (non-hydrogen) atoms. The molecule has 0 saturated carbocycles. The van der Waals surface area contributed by atoms with Crippen molar-refractivity contribution in [2.24, 2.45) is 7.05 Å². The number of aryl methyl sites for hydroxylation is 1. The molecule has 2 fully saturated rings. The van der Waals surface area contributed by atoms with Gasteiger partial charge < -0.3 is 40.5 Å². The van der Waals surface area contributed by atoms with Crippen LogP contribution in [0, 0.1) is 0 Å². The summed E-state index contributed by atoms with van der Waals surface area (Å²) in [5.74, 6) is -1.23. The number of rotatable bonds is 9. The van der Waals surface area contributed by atoms with Gasteiger partial charge in [-0.2, -0.15) is 18.3 Å². The fourth-order valence-electron chi connectivity index (χ4n) is 5.46. The fraction of sp³-hybridized carbons (Fsp3) is 0.467. The quantitative estimate of drug-likeness (QED) is 0.163. The maximum atomic E-state index is 13.6. The van der Waals surface area contributed by atoms with Crippen molar-refractivity contribution in [3.8, 4) is 11.3 Å². The number of imidazole rings is 1. The first-order valence-electron chi connectivity index (χ1n) is 15.3. The minimum Gasteiger partial charge on any atom is -0.483 e. The number of halogens is 5. The second kappa shape index (κ2) is 15.6. The van der Waals surface area contributed by atoms with Gasteiger partial charge in [-0.15, -0.1) is 0 Å². The molecule has 2 aromatic heterocycles. The SMILES string of the molecule is CCc1cc(NC(=O)c2ncc(-c3cn(CC(F)F)nc3C(F)(F)F)n2C)ccc1C(=O)N1CCN(C(=O)NCC2(O)CNC2)CC1.O=CO. The monoisotopic (exact) mass is 713 g/mol. The molecule has 1 aromatic carbocycles. The summed E-state index contributed by atoms with van der Waals surface area (Å²) in [7, 11) is 1.32. The minimum atomic E-state index is -4.94. The number of aliphatic hydroxyl groups is 1. The third-order valence-corrected chi connectivity index (χ3v) is 8.13. The largest absolute Gasteiger partial charge is 0.483 e. The summed E-state index contributed by atoms with van der Waals surface area (Å²) in [6, 6.07) is 4.40. The van der Waals surface area contributed by atoms with Crippen LogP contribution >= 0.6 is 0 Å². The van der Waals surface area contributed by atoms with Crippen LogP contribution in [0.15, 0.2) is 30.6 Å². The first kappa shape index (κ1) is 37.7. The molecule has 0 aliphatic carbocycles. The Kier molecular flexibility index (Phi) is 11.8. The summed E-state index contributed by atoms with van der Waals surface area (Å²) in [6.07, 6.45) is -5.55. The number of hydrogen-bond acceptors (Lipinski definition) is 8. The van der Waals surface area contributed by atoms with Crippen molar-refractivity contribution < 1.29 is 51.3 Å². The van der Waals surface area contributed by atoms with E-state index in [-0.39, 0.29) is 36.5 Å². The van der Waals surface area contributed by atoms with Crippen LogP contribution in [0.4, 0.5) is 32.4 Å². The molecule has 0 radical (unpaired) electrons. The molecule has 0 bridgehead atoms. The van der Waals surface area contributed by atoms with E-state index in [9.17, 15) is 41.4 Å². The number of amides is 4. The number of carbonyl (C=O) groups is 4. The Labute approximate surface area is 282 Å². The van der Waals surface area contributed by atoms with Gasteiger partial charge in [0.25, 0.3) is 24.7 Å². The van der Waals surface area contributed by atoms with Crippen LogP contribution in [-0.4, -0.2) is 122 Å². The zero-order valence-corrected chi connectivity index (χ0v) is 27.0. The number of carboxylic acid groups (broad SMARTS) is 1. The molecule has 0 unspecified atom stereocenters. The third kappa shape index (κ3) is 8.72. The van der Waals surface area contributed by atoms with Crippen molar-refractivity contribution in [2.45, 2.75) is 38.1 Å². The second-order valence-electron chi connectivity index (χ2n) is 11.6. The Balaban J connectivity index is 0.00000181. The number of benzene rings is 1. The Morgan fingerprint density at radius 1 is 1.12 bits per heavy atom. The fourth-order valence-corrected chi connectivity index (χ4v) is 5.46. The van der Waals surface area contributed by atoms with Crippen molar-refractivity contribution in [2.75, 3.05) is 51.1 Å². The van der Waals surface area contributed by atoms with Gasteiger partial charge >= 0.3 is 12.2 Å². The Morgan fingerprint density at radius 3 is 2.32 bits per heavy atom. The van der Waals surface area contributed by atoms with Gasteiger partial charge in [-0.05, 0) is 30.2 Å². The standard InChI is InChI=1S/C29H34F5N9O4.CH2O2/c1-3-17-10-18(4-5-19(17)26(45)41-6-8-42(9-7-41)27(46)37-16-28(47)14-35-15-28)38-25(44)24-36-11-21(40(24)2)20-12-43(13-22(30)31)39-23(20)29(32,33)34;2-1-3/h4-5,10-12,22,35,47H,3,6-9,13-16H2,1-2H3,(H,37,46)(H,38,44);1H,(H,2,3). The molecule has 5 N–H and O–H groups in total. The zero-order chi connectivity index (χ0) is 36.8. The highest BCUT2D eigenvalue weighted by Gasteiger charge is 2.39. The average molecular weight is 714 g/mol. The molecule has 272 valence electrons. The topological polar surface area (TPSA) is 187 Å². The summed E-state index contributed by atoms with van der Waals surface area (Å²) in [5, 5.41) is 28.6. The molecule has 15 nitrogen and oxygen atoms in total. The molecule has 3 aromatic rings. The number of β-amino-alcohol motifs (C(OH)–C–C–N with tert-alkyl or cyclic N) is 1. The van der Waals surface area contributed by atoms with E-state index in [0.717, 1.165) is 17.0 Å². The lowest BCUT2D eigenvalue weighted by molar-refractivity contribution is -0.141. The van der Waals surface area contributed by atoms with Gasteiger partial charge in [-0.3, -0.25) is 19.1 Å². The molecule has 4 heterocycles. The van der Waals surface area contributed by atoms with Crippen LogP contribution in [-0.2, 0) is 31.0 Å². The molecule has 0 atom stereocenters. The molecule has 2 aliphatic heterocycles. The second-order valence-corrected chi connectivity index (χ2v) is 11.6. The molecule has 4 amide bonds. The van der Waals surface area contributed by atoms with Crippen molar-refractivity contribution in [1.82, 2.24) is 39.8 Å². The number of urea groups is 1.